The molecule has 0 spiro atoms. The molecule has 0 aromatic carbocycles. The minimum absolute atomic E-state index is 0.986. The molecule has 40 valence electrons. The van der Waals surface area contributed by atoms with Gasteiger partial charge in [-0.3, -0.25) is 0 Å². The van der Waals surface area contributed by atoms with Gasteiger partial charge >= 0.3 is 0 Å². The molecular formula is C7H12. The normalized spacial score (nSPS) is 23.6. The van der Waals surface area contributed by atoms with Crippen molar-refractivity contribution in [3.05, 3.63) is 6.42 Å². The highest BCUT2D eigenvalue weighted by Crippen LogP contribution is 2.25. The maximum atomic E-state index is 3.32. The monoisotopic (exact) mass is 96.1 g/mol. The number of rotatable bonds is 1. The number of hydrogen-bond acceptors (Lipinski definition) is 0. The van der Waals surface area contributed by atoms with Crippen LogP contribution in [0.4, 0.5) is 0 Å². The fraction of sp³-hybridized carbons (Fsp3) is 0.857. The van der Waals surface area contributed by atoms with E-state index in [1.54, 1.807) is 0 Å². The van der Waals surface area contributed by atoms with Crippen LogP contribution in [0.15, 0.2) is 0 Å². The van der Waals surface area contributed by atoms with E-state index >= 15 is 0 Å². The van der Waals surface area contributed by atoms with Crippen LogP contribution in [-0.4, -0.2) is 0 Å². The van der Waals surface area contributed by atoms with Crippen molar-refractivity contribution in [2.24, 2.45) is 5.92 Å². The molecule has 0 N–H and O–H groups in total. The molecule has 1 atom stereocenters. The third-order valence-corrected chi connectivity index (χ3v) is 1.74. The lowest BCUT2D eigenvalue weighted by Crippen LogP contribution is -1.86. The Balaban J connectivity index is 2.14. The van der Waals surface area contributed by atoms with Gasteiger partial charge in [0.05, 0.1) is 0 Å². The van der Waals surface area contributed by atoms with Crippen molar-refractivity contribution in [1.29, 1.82) is 0 Å². The van der Waals surface area contributed by atoms with Crippen LogP contribution < -0.4 is 0 Å². The standard InChI is InChI=1S/C7H12/c1-2-7-5-3-4-6-7/h7H,2-3,5-6H2,1H3. The van der Waals surface area contributed by atoms with Crippen LogP contribution in [0, 0.1) is 12.3 Å². The molecule has 2 radical (unpaired) electrons. The summed E-state index contributed by atoms with van der Waals surface area (Å²) in [4.78, 5) is 0. The summed E-state index contributed by atoms with van der Waals surface area (Å²) in [5.41, 5.74) is 0. The van der Waals surface area contributed by atoms with E-state index in [2.05, 4.69) is 13.3 Å². The summed E-state index contributed by atoms with van der Waals surface area (Å²) in [5, 5.41) is 0. The van der Waals surface area contributed by atoms with Gasteiger partial charge in [-0.15, -0.1) is 0 Å². The maximum absolute atomic E-state index is 3.32. The van der Waals surface area contributed by atoms with E-state index in [1.807, 2.05) is 0 Å². The summed E-state index contributed by atoms with van der Waals surface area (Å²) >= 11 is 0. The lowest BCUT2D eigenvalue weighted by Gasteiger charge is -1.99. The second-order valence-electron chi connectivity index (χ2n) is 2.27. The summed E-state index contributed by atoms with van der Waals surface area (Å²) in [6, 6.07) is 0. The predicted octanol–water partition coefficient (Wildman–Crippen LogP) is 2.28. The van der Waals surface area contributed by atoms with Crippen molar-refractivity contribution in [3.8, 4) is 0 Å². The molecule has 0 nitrogen and oxygen atoms in total. The zero-order chi connectivity index (χ0) is 5.11. The molecule has 0 amide bonds. The minimum atomic E-state index is 0.986. The van der Waals surface area contributed by atoms with Crippen LogP contribution in [0.5, 0.6) is 0 Å². The topological polar surface area (TPSA) is 0 Å². The van der Waals surface area contributed by atoms with Crippen LogP contribution >= 0.6 is 0 Å². The lowest BCUT2D eigenvalue weighted by atomic mass is 10.1. The third kappa shape index (κ3) is 1.19. The zero-order valence-electron chi connectivity index (χ0n) is 4.91. The first-order valence-electron chi connectivity index (χ1n) is 3.14. The molecule has 0 aliphatic heterocycles. The molecule has 0 heteroatoms. The van der Waals surface area contributed by atoms with Crippen LogP contribution in [0.3, 0.4) is 0 Å². The molecule has 1 unspecified atom stereocenters. The van der Waals surface area contributed by atoms with Gasteiger partial charge in [0.15, 0.2) is 0 Å². The Bertz CT molecular complexity index is 42.0. The second-order valence-corrected chi connectivity index (χ2v) is 2.27. The van der Waals surface area contributed by atoms with E-state index in [4.69, 9.17) is 0 Å². The van der Waals surface area contributed by atoms with Gasteiger partial charge in [0.2, 0.25) is 0 Å². The van der Waals surface area contributed by atoms with Gasteiger partial charge in [0.25, 0.3) is 0 Å². The molecule has 0 saturated heterocycles. The molecule has 7 heavy (non-hydrogen) atoms. The van der Waals surface area contributed by atoms with Gasteiger partial charge in [-0.1, -0.05) is 13.3 Å². The van der Waals surface area contributed by atoms with Gasteiger partial charge in [-0.05, 0) is 31.6 Å². The summed E-state index contributed by atoms with van der Waals surface area (Å²) < 4.78 is 0. The summed E-state index contributed by atoms with van der Waals surface area (Å²) in [7, 11) is 0. The molecule has 0 aromatic heterocycles. The summed E-state index contributed by atoms with van der Waals surface area (Å²) in [6.45, 7) is 2.26. The second kappa shape index (κ2) is 2.34. The Morgan fingerprint density at radius 2 is 2.57 bits per heavy atom. The molecule has 0 bridgehead atoms. The summed E-state index contributed by atoms with van der Waals surface area (Å²) in [5.74, 6) is 0.986. The van der Waals surface area contributed by atoms with Crippen molar-refractivity contribution < 1.29 is 0 Å². The molecule has 1 fully saturated rings. The van der Waals surface area contributed by atoms with E-state index in [9.17, 15) is 0 Å². The molecule has 1 aliphatic rings. The Kier molecular flexibility index (Phi) is 1.72. The third-order valence-electron chi connectivity index (χ3n) is 1.74. The highest BCUT2D eigenvalue weighted by Gasteiger charge is 2.11. The van der Waals surface area contributed by atoms with Gasteiger partial charge in [0, 0.05) is 0 Å². The first-order valence-corrected chi connectivity index (χ1v) is 3.14. The molecule has 1 rings (SSSR count). The molecule has 1 saturated carbocycles. The van der Waals surface area contributed by atoms with Crippen molar-refractivity contribution in [2.75, 3.05) is 0 Å². The Morgan fingerprint density at radius 1 is 1.71 bits per heavy atom. The Labute approximate surface area is 45.9 Å². The summed E-state index contributed by atoms with van der Waals surface area (Å²) in [6.07, 6.45) is 8.59. The molecule has 0 heterocycles. The smallest absolute Gasteiger partial charge is 0.0170 e. The van der Waals surface area contributed by atoms with Crippen molar-refractivity contribution in [3.63, 3.8) is 0 Å². The van der Waals surface area contributed by atoms with Crippen LogP contribution in [0.25, 0.3) is 0 Å². The van der Waals surface area contributed by atoms with Gasteiger partial charge in [0.1, 0.15) is 0 Å². The molecular weight excluding hydrogens is 84.1 g/mol. The van der Waals surface area contributed by atoms with E-state index < -0.39 is 0 Å². The van der Waals surface area contributed by atoms with E-state index in [0.717, 1.165) is 5.92 Å². The zero-order valence-corrected chi connectivity index (χ0v) is 4.91. The minimum Gasteiger partial charge on any atom is -0.0651 e. The van der Waals surface area contributed by atoms with E-state index in [0.29, 0.717) is 0 Å². The van der Waals surface area contributed by atoms with Crippen LogP contribution in [-0.2, 0) is 0 Å². The quantitative estimate of drug-likeness (QED) is 0.469. The maximum Gasteiger partial charge on any atom is -0.0170 e. The van der Waals surface area contributed by atoms with Gasteiger partial charge in [-0.25, -0.2) is 0 Å². The Morgan fingerprint density at radius 3 is 2.86 bits per heavy atom. The largest absolute Gasteiger partial charge is 0.0651 e. The highest BCUT2D eigenvalue weighted by atomic mass is 14.2. The first-order chi connectivity index (χ1) is 3.43. The molecule has 0 aromatic rings. The fourth-order valence-electron chi connectivity index (χ4n) is 1.06. The van der Waals surface area contributed by atoms with Crippen molar-refractivity contribution in [2.45, 2.75) is 32.6 Å². The van der Waals surface area contributed by atoms with E-state index in [1.165, 1.54) is 25.7 Å². The lowest BCUT2D eigenvalue weighted by molar-refractivity contribution is 0.537. The molecule has 1 aliphatic carbocycles. The average Bonchev–Trinajstić information content (AvgIpc) is 2.14. The average molecular weight is 96.2 g/mol. The van der Waals surface area contributed by atoms with E-state index in [-0.39, 0.29) is 0 Å². The van der Waals surface area contributed by atoms with Gasteiger partial charge < -0.3 is 0 Å². The van der Waals surface area contributed by atoms with Crippen LogP contribution in [0.1, 0.15) is 32.6 Å². The highest BCUT2D eigenvalue weighted by molar-refractivity contribution is 4.79. The van der Waals surface area contributed by atoms with Gasteiger partial charge in [-0.2, -0.15) is 0 Å². The number of hydrogen-bond donors (Lipinski definition) is 0. The Hall–Kier alpha value is 0. The van der Waals surface area contributed by atoms with Crippen molar-refractivity contribution in [1.82, 2.24) is 0 Å². The fourth-order valence-corrected chi connectivity index (χ4v) is 1.06. The first kappa shape index (κ1) is 5.14. The predicted molar refractivity (Wildman–Crippen MR) is 30.9 cm³/mol. The SMILES string of the molecule is CCC1C[C]CC1. The van der Waals surface area contributed by atoms with Crippen LogP contribution in [0.2, 0.25) is 0 Å². The van der Waals surface area contributed by atoms with Crippen molar-refractivity contribution >= 4 is 0 Å².